The van der Waals surface area contributed by atoms with Crippen LogP contribution in [0.25, 0.3) is 0 Å². The molecule has 2 heterocycles. The van der Waals surface area contributed by atoms with Crippen LogP contribution in [0.1, 0.15) is 27.7 Å². The van der Waals surface area contributed by atoms with Crippen molar-refractivity contribution in [3.63, 3.8) is 0 Å². The number of carbonyl (C=O) groups excluding carboxylic acids is 1. The second-order valence-corrected chi connectivity index (χ2v) is 5.19. The molecule has 1 N–H and O–H groups in total. The molecule has 5 nitrogen and oxygen atoms in total. The molecule has 5 heteroatoms. The molecule has 21 heavy (non-hydrogen) atoms. The second kappa shape index (κ2) is 5.09. The fraction of sp³-hybridized carbons (Fsp3) is 0.250. The maximum absolute atomic E-state index is 12.6. The molecule has 1 amide bonds. The average Bonchev–Trinajstić information content (AvgIpc) is 2.91. The van der Waals surface area contributed by atoms with Crippen LogP contribution in [0.5, 0.6) is 0 Å². The van der Waals surface area contributed by atoms with Crippen LogP contribution in [0.3, 0.4) is 0 Å². The number of carboxylic acid groups (broad SMARTS) is 1. The molecule has 2 aromatic rings. The molecule has 0 spiro atoms. The SMILES string of the molecule is Cn1cccc1C(=O)N1CCc2ccccc2C1C(=O)O. The van der Waals surface area contributed by atoms with Crippen molar-refractivity contribution in [2.24, 2.45) is 7.05 Å². The average molecular weight is 284 g/mol. The van der Waals surface area contributed by atoms with E-state index in [2.05, 4.69) is 0 Å². The van der Waals surface area contributed by atoms with Gasteiger partial charge in [-0.1, -0.05) is 24.3 Å². The Morgan fingerprint density at radius 3 is 2.62 bits per heavy atom. The first-order valence-electron chi connectivity index (χ1n) is 6.82. The van der Waals surface area contributed by atoms with Crippen LogP contribution in [-0.2, 0) is 18.3 Å². The number of hydrogen-bond donors (Lipinski definition) is 1. The number of rotatable bonds is 2. The fourth-order valence-corrected chi connectivity index (χ4v) is 2.88. The first-order chi connectivity index (χ1) is 10.1. The van der Waals surface area contributed by atoms with E-state index < -0.39 is 12.0 Å². The van der Waals surface area contributed by atoms with Crippen molar-refractivity contribution in [3.05, 3.63) is 59.4 Å². The molecule has 0 bridgehead atoms. The van der Waals surface area contributed by atoms with Crippen molar-refractivity contribution >= 4 is 11.9 Å². The predicted octanol–water partition coefficient (Wildman–Crippen LogP) is 1.85. The third kappa shape index (κ3) is 2.20. The first kappa shape index (κ1) is 13.4. The van der Waals surface area contributed by atoms with Crippen LogP contribution in [0.4, 0.5) is 0 Å². The smallest absolute Gasteiger partial charge is 0.331 e. The molecule has 1 aromatic heterocycles. The highest BCUT2D eigenvalue weighted by molar-refractivity contribution is 5.96. The maximum atomic E-state index is 12.6. The zero-order valence-electron chi connectivity index (χ0n) is 11.7. The standard InChI is InChI=1S/C16H16N2O3/c1-17-9-4-7-13(17)15(19)18-10-8-11-5-2-3-6-12(11)14(18)16(20)21/h2-7,9,14H,8,10H2,1H3,(H,20,21). The minimum atomic E-state index is -0.996. The number of amides is 1. The van der Waals surface area contributed by atoms with Crippen molar-refractivity contribution in [1.29, 1.82) is 0 Å². The van der Waals surface area contributed by atoms with Crippen LogP contribution < -0.4 is 0 Å². The van der Waals surface area contributed by atoms with E-state index in [0.29, 0.717) is 24.2 Å². The highest BCUT2D eigenvalue weighted by atomic mass is 16.4. The van der Waals surface area contributed by atoms with E-state index in [0.717, 1.165) is 5.56 Å². The fourth-order valence-electron chi connectivity index (χ4n) is 2.88. The van der Waals surface area contributed by atoms with Crippen LogP contribution >= 0.6 is 0 Å². The maximum Gasteiger partial charge on any atom is 0.331 e. The Labute approximate surface area is 122 Å². The molecule has 0 radical (unpaired) electrons. The molecular weight excluding hydrogens is 268 g/mol. The Bertz CT molecular complexity index is 705. The minimum absolute atomic E-state index is 0.246. The van der Waals surface area contributed by atoms with Crippen LogP contribution in [0.2, 0.25) is 0 Å². The molecule has 1 aliphatic heterocycles. The van der Waals surface area contributed by atoms with Crippen molar-refractivity contribution in [2.45, 2.75) is 12.5 Å². The number of fused-ring (bicyclic) bond motifs is 1. The highest BCUT2D eigenvalue weighted by Crippen LogP contribution is 2.31. The van der Waals surface area contributed by atoms with E-state index >= 15 is 0 Å². The summed E-state index contributed by atoms with van der Waals surface area (Å²) in [6.45, 7) is 0.415. The van der Waals surface area contributed by atoms with Gasteiger partial charge in [-0.3, -0.25) is 4.79 Å². The summed E-state index contributed by atoms with van der Waals surface area (Å²) in [6.07, 6.45) is 2.46. The molecule has 3 rings (SSSR count). The Morgan fingerprint density at radius 1 is 1.19 bits per heavy atom. The number of aromatic nitrogens is 1. The van der Waals surface area contributed by atoms with Crippen LogP contribution in [0, 0.1) is 0 Å². The van der Waals surface area contributed by atoms with Gasteiger partial charge in [-0.05, 0) is 29.7 Å². The van der Waals surface area contributed by atoms with E-state index in [9.17, 15) is 14.7 Å². The third-order valence-electron chi connectivity index (χ3n) is 3.94. The number of carbonyl (C=O) groups is 2. The van der Waals surface area contributed by atoms with Gasteiger partial charge < -0.3 is 14.6 Å². The lowest BCUT2D eigenvalue weighted by atomic mass is 9.92. The van der Waals surface area contributed by atoms with E-state index in [-0.39, 0.29) is 5.91 Å². The van der Waals surface area contributed by atoms with Crippen LogP contribution in [0.15, 0.2) is 42.6 Å². The van der Waals surface area contributed by atoms with Gasteiger partial charge in [0.1, 0.15) is 5.69 Å². The van der Waals surface area contributed by atoms with Gasteiger partial charge in [0.2, 0.25) is 0 Å². The number of aryl methyl sites for hydroxylation is 1. The first-order valence-corrected chi connectivity index (χ1v) is 6.82. The van der Waals surface area contributed by atoms with Crippen molar-refractivity contribution < 1.29 is 14.7 Å². The second-order valence-electron chi connectivity index (χ2n) is 5.19. The van der Waals surface area contributed by atoms with E-state index in [1.807, 2.05) is 18.2 Å². The summed E-state index contributed by atoms with van der Waals surface area (Å²) in [5.74, 6) is -1.24. The molecule has 108 valence electrons. The molecule has 1 aromatic carbocycles. The summed E-state index contributed by atoms with van der Waals surface area (Å²) in [5, 5.41) is 9.57. The summed E-state index contributed by atoms with van der Waals surface area (Å²) in [6, 6.07) is 9.99. The zero-order chi connectivity index (χ0) is 15.0. The van der Waals surface area contributed by atoms with Gasteiger partial charge in [0.25, 0.3) is 5.91 Å². The van der Waals surface area contributed by atoms with Gasteiger partial charge in [-0.15, -0.1) is 0 Å². The topological polar surface area (TPSA) is 62.5 Å². The monoisotopic (exact) mass is 284 g/mol. The molecule has 0 aliphatic carbocycles. The summed E-state index contributed by atoms with van der Waals surface area (Å²) in [7, 11) is 1.78. The highest BCUT2D eigenvalue weighted by Gasteiger charge is 2.36. The molecule has 0 saturated heterocycles. The normalized spacial score (nSPS) is 17.4. The minimum Gasteiger partial charge on any atom is -0.479 e. The van der Waals surface area contributed by atoms with Gasteiger partial charge in [0, 0.05) is 19.8 Å². The number of carboxylic acids is 1. The van der Waals surface area contributed by atoms with Gasteiger partial charge in [-0.25, -0.2) is 4.79 Å². The summed E-state index contributed by atoms with van der Waals surface area (Å²) < 4.78 is 1.71. The van der Waals surface area contributed by atoms with Gasteiger partial charge in [-0.2, -0.15) is 0 Å². The van der Waals surface area contributed by atoms with Gasteiger partial charge in [0.05, 0.1) is 0 Å². The predicted molar refractivity (Wildman–Crippen MR) is 77.0 cm³/mol. The molecule has 1 aliphatic rings. The van der Waals surface area contributed by atoms with E-state index in [4.69, 9.17) is 0 Å². The summed E-state index contributed by atoms with van der Waals surface area (Å²) in [4.78, 5) is 25.8. The number of hydrogen-bond acceptors (Lipinski definition) is 2. The lowest BCUT2D eigenvalue weighted by Crippen LogP contribution is -2.44. The lowest BCUT2D eigenvalue weighted by Gasteiger charge is -2.34. The zero-order valence-corrected chi connectivity index (χ0v) is 11.7. The van der Waals surface area contributed by atoms with Gasteiger partial charge >= 0.3 is 5.97 Å². The Hall–Kier alpha value is -2.56. The number of aliphatic carboxylic acids is 1. The van der Waals surface area contributed by atoms with E-state index in [1.54, 1.807) is 36.0 Å². The lowest BCUT2D eigenvalue weighted by molar-refractivity contribution is -0.143. The number of nitrogens with zero attached hydrogens (tertiary/aromatic N) is 2. The third-order valence-corrected chi connectivity index (χ3v) is 3.94. The Balaban J connectivity index is 2.02. The molecule has 1 atom stereocenters. The molecule has 0 fully saturated rings. The summed E-state index contributed by atoms with van der Waals surface area (Å²) >= 11 is 0. The Kier molecular flexibility index (Phi) is 3.25. The molecule has 0 saturated carbocycles. The Morgan fingerprint density at radius 2 is 1.95 bits per heavy atom. The van der Waals surface area contributed by atoms with Crippen molar-refractivity contribution in [3.8, 4) is 0 Å². The van der Waals surface area contributed by atoms with Gasteiger partial charge in [0.15, 0.2) is 6.04 Å². The number of benzene rings is 1. The van der Waals surface area contributed by atoms with Crippen LogP contribution in [-0.4, -0.2) is 33.0 Å². The summed E-state index contributed by atoms with van der Waals surface area (Å²) in [5.41, 5.74) is 2.21. The largest absolute Gasteiger partial charge is 0.479 e. The van der Waals surface area contributed by atoms with Crippen molar-refractivity contribution in [2.75, 3.05) is 6.54 Å². The molecular formula is C16H16N2O3. The van der Waals surface area contributed by atoms with E-state index in [1.165, 1.54) is 4.90 Å². The molecule has 1 unspecified atom stereocenters. The quantitative estimate of drug-likeness (QED) is 0.915. The van der Waals surface area contributed by atoms with Crippen molar-refractivity contribution in [1.82, 2.24) is 9.47 Å².